The third-order valence-corrected chi connectivity index (χ3v) is 5.37. The summed E-state index contributed by atoms with van der Waals surface area (Å²) < 4.78 is 18.5. The van der Waals surface area contributed by atoms with Crippen molar-refractivity contribution in [2.45, 2.75) is 13.0 Å². The van der Waals surface area contributed by atoms with Gasteiger partial charge in [0, 0.05) is 36.8 Å². The Labute approximate surface area is 168 Å². The number of piperazine rings is 1. The number of ether oxygens (including phenoxy) is 1. The molecule has 148 valence electrons. The zero-order chi connectivity index (χ0) is 20.3. The monoisotopic (exact) mass is 404 g/mol. The summed E-state index contributed by atoms with van der Waals surface area (Å²) in [7, 11) is 1.35. The number of amides is 1. The van der Waals surface area contributed by atoms with Gasteiger partial charge in [-0.2, -0.15) is 0 Å². The number of hydrogen-bond acceptors (Lipinski definition) is 4. The van der Waals surface area contributed by atoms with E-state index in [1.165, 1.54) is 19.2 Å². The number of rotatable bonds is 4. The van der Waals surface area contributed by atoms with E-state index in [9.17, 15) is 14.0 Å². The van der Waals surface area contributed by atoms with Crippen molar-refractivity contribution in [1.82, 2.24) is 9.80 Å². The predicted molar refractivity (Wildman–Crippen MR) is 105 cm³/mol. The Morgan fingerprint density at radius 1 is 1.11 bits per heavy atom. The highest BCUT2D eigenvalue weighted by molar-refractivity contribution is 6.31. The van der Waals surface area contributed by atoms with E-state index in [0.29, 0.717) is 42.3 Å². The molecule has 1 fully saturated rings. The van der Waals surface area contributed by atoms with Gasteiger partial charge in [-0.3, -0.25) is 9.69 Å². The molecule has 1 saturated heterocycles. The average molecular weight is 405 g/mol. The van der Waals surface area contributed by atoms with E-state index in [1.54, 1.807) is 36.1 Å². The summed E-state index contributed by atoms with van der Waals surface area (Å²) >= 11 is 6.30. The summed E-state index contributed by atoms with van der Waals surface area (Å²) in [5.74, 6) is -1.03. The second-order valence-corrected chi connectivity index (χ2v) is 7.14. The third-order valence-electron chi connectivity index (χ3n) is 5.02. The van der Waals surface area contributed by atoms with Crippen LogP contribution < -0.4 is 0 Å². The molecule has 1 atom stereocenters. The van der Waals surface area contributed by atoms with Gasteiger partial charge in [-0.05, 0) is 36.2 Å². The molecule has 0 aromatic heterocycles. The Balaban J connectivity index is 1.76. The van der Waals surface area contributed by atoms with Crippen LogP contribution in [0.5, 0.6) is 0 Å². The number of carbonyl (C=O) groups is 2. The highest BCUT2D eigenvalue weighted by Crippen LogP contribution is 2.29. The number of hydrogen-bond donors (Lipinski definition) is 0. The number of halogens is 2. The van der Waals surface area contributed by atoms with Gasteiger partial charge in [0.25, 0.3) is 5.91 Å². The van der Waals surface area contributed by atoms with Gasteiger partial charge < -0.3 is 9.64 Å². The first-order valence-corrected chi connectivity index (χ1v) is 9.42. The molecule has 1 heterocycles. The molecule has 0 spiro atoms. The fraction of sp³-hybridized carbons (Fsp3) is 0.333. The van der Waals surface area contributed by atoms with Crippen LogP contribution in [0, 0.1) is 12.7 Å². The smallest absolute Gasteiger partial charge is 0.327 e. The number of aryl methyl sites for hydroxylation is 1. The molecule has 3 rings (SSSR count). The first-order valence-electron chi connectivity index (χ1n) is 9.04. The van der Waals surface area contributed by atoms with E-state index >= 15 is 0 Å². The lowest BCUT2D eigenvalue weighted by molar-refractivity contribution is -0.148. The van der Waals surface area contributed by atoms with Crippen molar-refractivity contribution < 1.29 is 18.7 Å². The fourth-order valence-corrected chi connectivity index (χ4v) is 3.70. The number of benzene rings is 2. The van der Waals surface area contributed by atoms with Gasteiger partial charge in [-0.1, -0.05) is 35.9 Å². The van der Waals surface area contributed by atoms with Crippen molar-refractivity contribution in [1.29, 1.82) is 0 Å². The normalized spacial score (nSPS) is 15.9. The Kier molecular flexibility index (Phi) is 6.31. The molecular weight excluding hydrogens is 383 g/mol. The minimum atomic E-state index is -0.633. The number of carbonyl (C=O) groups excluding carboxylic acids is 2. The van der Waals surface area contributed by atoms with Crippen molar-refractivity contribution in [3.05, 3.63) is 70.0 Å². The zero-order valence-corrected chi connectivity index (χ0v) is 16.6. The molecule has 2 aromatic carbocycles. The number of nitrogens with zero attached hydrogens (tertiary/aromatic N) is 2. The van der Waals surface area contributed by atoms with Crippen LogP contribution in [0.2, 0.25) is 5.02 Å². The standard InChI is InChI=1S/C21H22ClFN2O3/c1-14-7-8-15(23)13-17(14)20(26)25-11-9-24(10-12-25)19(21(27)28-2)16-5-3-4-6-18(16)22/h3-8,13,19H,9-12H2,1-2H3. The van der Waals surface area contributed by atoms with Crippen molar-refractivity contribution >= 4 is 23.5 Å². The van der Waals surface area contributed by atoms with E-state index in [0.717, 1.165) is 5.56 Å². The maximum atomic E-state index is 13.6. The van der Waals surface area contributed by atoms with E-state index in [4.69, 9.17) is 16.3 Å². The molecule has 0 saturated carbocycles. The highest BCUT2D eigenvalue weighted by atomic mass is 35.5. The summed E-state index contributed by atoms with van der Waals surface area (Å²) in [6, 6.07) is 10.7. The lowest BCUT2D eigenvalue weighted by Gasteiger charge is -2.38. The predicted octanol–water partition coefficient (Wildman–Crippen LogP) is 3.46. The second-order valence-electron chi connectivity index (χ2n) is 6.73. The van der Waals surface area contributed by atoms with Gasteiger partial charge in [0.05, 0.1) is 7.11 Å². The van der Waals surface area contributed by atoms with Crippen LogP contribution in [0.3, 0.4) is 0 Å². The Bertz CT molecular complexity index is 882. The lowest BCUT2D eigenvalue weighted by atomic mass is 10.0. The van der Waals surface area contributed by atoms with Gasteiger partial charge in [0.2, 0.25) is 0 Å². The van der Waals surface area contributed by atoms with Crippen LogP contribution in [0.1, 0.15) is 27.5 Å². The molecular formula is C21H22ClFN2O3. The zero-order valence-electron chi connectivity index (χ0n) is 15.8. The minimum absolute atomic E-state index is 0.205. The molecule has 0 bridgehead atoms. The molecule has 2 aromatic rings. The number of methoxy groups -OCH3 is 1. The topological polar surface area (TPSA) is 49.9 Å². The molecule has 0 aliphatic carbocycles. The van der Waals surface area contributed by atoms with Crippen molar-refractivity contribution in [2.75, 3.05) is 33.3 Å². The molecule has 5 nitrogen and oxygen atoms in total. The maximum Gasteiger partial charge on any atom is 0.327 e. The summed E-state index contributed by atoms with van der Waals surface area (Å²) in [5.41, 5.74) is 1.78. The lowest BCUT2D eigenvalue weighted by Crippen LogP contribution is -2.51. The summed E-state index contributed by atoms with van der Waals surface area (Å²) in [6.07, 6.45) is 0. The molecule has 28 heavy (non-hydrogen) atoms. The fourth-order valence-electron chi connectivity index (χ4n) is 3.46. The van der Waals surface area contributed by atoms with Crippen LogP contribution in [-0.2, 0) is 9.53 Å². The van der Waals surface area contributed by atoms with Crippen LogP contribution in [-0.4, -0.2) is 55.0 Å². The van der Waals surface area contributed by atoms with Gasteiger partial charge >= 0.3 is 5.97 Å². The average Bonchev–Trinajstić information content (AvgIpc) is 2.71. The summed E-state index contributed by atoms with van der Waals surface area (Å²) in [5, 5.41) is 0.492. The first-order chi connectivity index (χ1) is 13.4. The van der Waals surface area contributed by atoms with Crippen LogP contribution in [0.25, 0.3) is 0 Å². The molecule has 7 heteroatoms. The minimum Gasteiger partial charge on any atom is -0.468 e. The molecule has 0 radical (unpaired) electrons. The van der Waals surface area contributed by atoms with Gasteiger partial charge in [0.1, 0.15) is 11.9 Å². The van der Waals surface area contributed by atoms with Crippen molar-refractivity contribution in [3.8, 4) is 0 Å². The first kappa shape index (κ1) is 20.3. The van der Waals surface area contributed by atoms with E-state index in [2.05, 4.69) is 0 Å². The molecule has 1 amide bonds. The van der Waals surface area contributed by atoms with E-state index in [-0.39, 0.29) is 5.91 Å². The maximum absolute atomic E-state index is 13.6. The molecule has 1 aliphatic heterocycles. The Morgan fingerprint density at radius 3 is 2.43 bits per heavy atom. The SMILES string of the molecule is COC(=O)C(c1ccccc1Cl)N1CCN(C(=O)c2cc(F)ccc2C)CC1. The Morgan fingerprint density at radius 2 is 1.79 bits per heavy atom. The summed E-state index contributed by atoms with van der Waals surface area (Å²) in [4.78, 5) is 28.9. The molecule has 1 unspecified atom stereocenters. The second kappa shape index (κ2) is 8.71. The van der Waals surface area contributed by atoms with Crippen LogP contribution in [0.4, 0.5) is 4.39 Å². The van der Waals surface area contributed by atoms with Crippen LogP contribution >= 0.6 is 11.6 Å². The molecule has 0 N–H and O–H groups in total. The Hall–Kier alpha value is -2.44. The van der Waals surface area contributed by atoms with E-state index < -0.39 is 17.8 Å². The van der Waals surface area contributed by atoms with Gasteiger partial charge in [-0.15, -0.1) is 0 Å². The van der Waals surface area contributed by atoms with Gasteiger partial charge in [-0.25, -0.2) is 9.18 Å². The number of esters is 1. The van der Waals surface area contributed by atoms with Crippen molar-refractivity contribution in [2.24, 2.45) is 0 Å². The van der Waals surface area contributed by atoms with Crippen molar-refractivity contribution in [3.63, 3.8) is 0 Å². The van der Waals surface area contributed by atoms with Crippen LogP contribution in [0.15, 0.2) is 42.5 Å². The third kappa shape index (κ3) is 4.18. The highest BCUT2D eigenvalue weighted by Gasteiger charge is 2.33. The van der Waals surface area contributed by atoms with E-state index in [1.807, 2.05) is 11.0 Å². The quantitative estimate of drug-likeness (QED) is 0.732. The molecule has 1 aliphatic rings. The summed E-state index contributed by atoms with van der Waals surface area (Å²) in [6.45, 7) is 3.59. The van der Waals surface area contributed by atoms with Gasteiger partial charge in [0.15, 0.2) is 0 Å². The largest absolute Gasteiger partial charge is 0.468 e.